The summed E-state index contributed by atoms with van der Waals surface area (Å²) in [5, 5.41) is 8.92. The highest BCUT2D eigenvalue weighted by molar-refractivity contribution is 14.0. The molecule has 10 heteroatoms. The van der Waals surface area contributed by atoms with Crippen molar-refractivity contribution in [3.8, 4) is 0 Å². The lowest BCUT2D eigenvalue weighted by Crippen LogP contribution is -2.37. The van der Waals surface area contributed by atoms with Crippen molar-refractivity contribution < 1.29 is 14.0 Å². The van der Waals surface area contributed by atoms with E-state index < -0.39 is 5.91 Å². The largest absolute Gasteiger partial charge is 0.368 e. The van der Waals surface area contributed by atoms with Crippen molar-refractivity contribution in [3.05, 3.63) is 70.5 Å². The van der Waals surface area contributed by atoms with Crippen LogP contribution in [0.2, 0.25) is 0 Å². The van der Waals surface area contributed by atoms with E-state index in [-0.39, 0.29) is 42.2 Å². The van der Waals surface area contributed by atoms with Gasteiger partial charge in [0.2, 0.25) is 5.91 Å². The molecule has 0 aliphatic heterocycles. The predicted octanol–water partition coefficient (Wildman–Crippen LogP) is 2.78. The van der Waals surface area contributed by atoms with Crippen molar-refractivity contribution in [2.75, 3.05) is 19.3 Å². The fraction of sp³-hybridized carbons (Fsp3) is 0.318. The van der Waals surface area contributed by atoms with Gasteiger partial charge in [-0.2, -0.15) is 11.8 Å². The number of thioether (sulfide) groups is 1. The Labute approximate surface area is 209 Å². The van der Waals surface area contributed by atoms with Crippen LogP contribution in [0, 0.1) is 5.82 Å². The van der Waals surface area contributed by atoms with Crippen LogP contribution in [-0.4, -0.2) is 37.1 Å². The van der Waals surface area contributed by atoms with Crippen LogP contribution in [0.1, 0.15) is 34.0 Å². The topological polar surface area (TPSA) is 109 Å². The minimum absolute atomic E-state index is 0. The molecule has 0 spiro atoms. The lowest BCUT2D eigenvalue weighted by Gasteiger charge is -2.14. The van der Waals surface area contributed by atoms with E-state index in [4.69, 9.17) is 5.73 Å². The number of primary amides is 1. The molecule has 0 saturated heterocycles. The Kier molecular flexibility index (Phi) is 12.7. The van der Waals surface area contributed by atoms with E-state index in [1.54, 1.807) is 36.0 Å². The van der Waals surface area contributed by atoms with Gasteiger partial charge in [0.1, 0.15) is 5.82 Å². The number of carbonyl (C=O) groups is 2. The number of hydrogen-bond acceptors (Lipinski definition) is 4. The van der Waals surface area contributed by atoms with Crippen LogP contribution in [0.5, 0.6) is 0 Å². The van der Waals surface area contributed by atoms with Gasteiger partial charge in [0.25, 0.3) is 5.91 Å². The van der Waals surface area contributed by atoms with E-state index in [0.29, 0.717) is 31.2 Å². The molecule has 0 aliphatic rings. The Hall–Kier alpha value is -2.34. The van der Waals surface area contributed by atoms with E-state index in [9.17, 15) is 14.0 Å². The van der Waals surface area contributed by atoms with Gasteiger partial charge in [-0.05, 0) is 54.1 Å². The molecule has 0 atom stereocenters. The van der Waals surface area contributed by atoms with Crippen molar-refractivity contribution in [2.45, 2.75) is 25.8 Å². The smallest absolute Gasteiger partial charge is 0.251 e. The van der Waals surface area contributed by atoms with E-state index in [1.165, 1.54) is 6.07 Å². The molecule has 7 nitrogen and oxygen atoms in total. The Morgan fingerprint density at radius 3 is 2.41 bits per heavy atom. The molecular formula is C22H29FIN5O2S. The number of amides is 2. The highest BCUT2D eigenvalue weighted by atomic mass is 127. The summed E-state index contributed by atoms with van der Waals surface area (Å²) in [6.07, 6.45) is 1.99. The van der Waals surface area contributed by atoms with Gasteiger partial charge in [0.15, 0.2) is 5.96 Å². The Morgan fingerprint density at radius 1 is 1.06 bits per heavy atom. The normalized spacial score (nSPS) is 10.8. The van der Waals surface area contributed by atoms with Crippen LogP contribution in [0.15, 0.2) is 47.5 Å². The molecule has 0 radical (unpaired) electrons. The predicted molar refractivity (Wildman–Crippen MR) is 139 cm³/mol. The summed E-state index contributed by atoms with van der Waals surface area (Å²) in [5.74, 6) is 0.195. The van der Waals surface area contributed by atoms with E-state index in [2.05, 4.69) is 20.9 Å². The van der Waals surface area contributed by atoms with Gasteiger partial charge in [0.05, 0.1) is 13.1 Å². The summed E-state index contributed by atoms with van der Waals surface area (Å²) in [6, 6.07) is 11.8. The molecule has 0 unspecified atom stereocenters. The highest BCUT2D eigenvalue weighted by Crippen LogP contribution is 2.16. The van der Waals surface area contributed by atoms with Gasteiger partial charge in [-0.1, -0.05) is 18.2 Å². The maximum atomic E-state index is 13.5. The zero-order chi connectivity index (χ0) is 22.6. The summed E-state index contributed by atoms with van der Waals surface area (Å²) >= 11 is 1.65. The molecule has 0 aliphatic carbocycles. The second kappa shape index (κ2) is 14.7. The van der Waals surface area contributed by atoms with Crippen molar-refractivity contribution >= 4 is 53.5 Å². The van der Waals surface area contributed by atoms with Gasteiger partial charge in [-0.25, -0.2) is 9.38 Å². The lowest BCUT2D eigenvalue weighted by molar-refractivity contribution is -0.117. The Bertz CT molecular complexity index is 925. The number of nitrogens with one attached hydrogen (secondary N) is 3. The first kappa shape index (κ1) is 27.7. The van der Waals surface area contributed by atoms with Gasteiger partial charge in [-0.3, -0.25) is 9.59 Å². The summed E-state index contributed by atoms with van der Waals surface area (Å²) in [6.45, 7) is 3.43. The molecule has 0 saturated carbocycles. The molecular weight excluding hydrogens is 544 g/mol. The Morgan fingerprint density at radius 2 is 1.78 bits per heavy atom. The van der Waals surface area contributed by atoms with Crippen molar-refractivity contribution in [2.24, 2.45) is 10.7 Å². The Balaban J connectivity index is 0.00000512. The second-order valence-electron chi connectivity index (χ2n) is 6.74. The summed E-state index contributed by atoms with van der Waals surface area (Å²) in [7, 11) is 0. The molecule has 174 valence electrons. The van der Waals surface area contributed by atoms with Crippen LogP contribution in [-0.2, 0) is 23.6 Å². The van der Waals surface area contributed by atoms with Crippen molar-refractivity contribution in [1.29, 1.82) is 0 Å². The highest BCUT2D eigenvalue weighted by Gasteiger charge is 2.07. The summed E-state index contributed by atoms with van der Waals surface area (Å²) in [4.78, 5) is 27.3. The van der Waals surface area contributed by atoms with Crippen LogP contribution >= 0.6 is 35.7 Å². The summed E-state index contributed by atoms with van der Waals surface area (Å²) in [5.41, 5.74) is 8.38. The molecule has 2 rings (SSSR count). The molecule has 2 amide bonds. The zero-order valence-corrected chi connectivity index (χ0v) is 21.3. The third kappa shape index (κ3) is 9.43. The molecule has 2 aromatic carbocycles. The van der Waals surface area contributed by atoms with Crippen LogP contribution in [0.3, 0.4) is 0 Å². The molecule has 0 fully saturated rings. The summed E-state index contributed by atoms with van der Waals surface area (Å²) < 4.78 is 13.5. The van der Waals surface area contributed by atoms with Crippen LogP contribution < -0.4 is 21.7 Å². The quantitative estimate of drug-likeness (QED) is 0.199. The molecule has 0 bridgehead atoms. The number of nitrogens with two attached hydrogens (primary N) is 1. The minimum atomic E-state index is -0.594. The number of hydrogen-bond donors (Lipinski definition) is 4. The standard InChI is InChI=1S/C22H28FN5O2S.HI/c1-3-25-22(28-12-17-8-9-19(23)10-18(17)14-31-2)27-11-15-4-6-16(7-5-15)21(30)26-13-20(24)29;/h4-10H,3,11-14H2,1-2H3,(H2,24,29)(H,26,30)(H2,25,27,28);1H. The van der Waals surface area contributed by atoms with Crippen LogP contribution in [0.4, 0.5) is 4.39 Å². The first-order valence-corrected chi connectivity index (χ1v) is 11.3. The maximum Gasteiger partial charge on any atom is 0.251 e. The first-order valence-electron chi connectivity index (χ1n) is 9.86. The number of benzene rings is 2. The average molecular weight is 573 g/mol. The van der Waals surface area contributed by atoms with Gasteiger partial charge >= 0.3 is 0 Å². The number of carbonyl (C=O) groups excluding carboxylic acids is 2. The molecule has 0 aromatic heterocycles. The van der Waals surface area contributed by atoms with Gasteiger partial charge in [-0.15, -0.1) is 24.0 Å². The molecule has 32 heavy (non-hydrogen) atoms. The number of aliphatic imine (C=N–C) groups is 1. The zero-order valence-electron chi connectivity index (χ0n) is 18.1. The van der Waals surface area contributed by atoms with Crippen molar-refractivity contribution in [3.63, 3.8) is 0 Å². The first-order chi connectivity index (χ1) is 14.9. The third-order valence-electron chi connectivity index (χ3n) is 4.32. The fourth-order valence-corrected chi connectivity index (χ4v) is 3.36. The van der Waals surface area contributed by atoms with E-state index in [1.807, 2.05) is 25.3 Å². The fourth-order valence-electron chi connectivity index (χ4n) is 2.78. The SMILES string of the molecule is CCNC(=NCc1ccc(C(=O)NCC(N)=O)cc1)NCc1ccc(F)cc1CSC.I. The monoisotopic (exact) mass is 573 g/mol. The lowest BCUT2D eigenvalue weighted by atomic mass is 10.1. The molecule has 0 heterocycles. The van der Waals surface area contributed by atoms with Crippen LogP contribution in [0.25, 0.3) is 0 Å². The second-order valence-corrected chi connectivity index (χ2v) is 7.61. The number of rotatable bonds is 10. The minimum Gasteiger partial charge on any atom is -0.368 e. The number of nitrogens with zero attached hydrogens (tertiary/aromatic N) is 1. The third-order valence-corrected chi connectivity index (χ3v) is 4.92. The number of guanidine groups is 1. The van der Waals surface area contributed by atoms with E-state index >= 15 is 0 Å². The van der Waals surface area contributed by atoms with Gasteiger partial charge < -0.3 is 21.7 Å². The molecule has 2 aromatic rings. The van der Waals surface area contributed by atoms with E-state index in [0.717, 1.165) is 22.4 Å². The number of halogens is 2. The molecule has 5 N–H and O–H groups in total. The van der Waals surface area contributed by atoms with Gasteiger partial charge in [0, 0.05) is 24.4 Å². The maximum absolute atomic E-state index is 13.5. The average Bonchev–Trinajstić information content (AvgIpc) is 2.75. The van der Waals surface area contributed by atoms with Crippen molar-refractivity contribution in [1.82, 2.24) is 16.0 Å².